The number of primary amides is 1. The van der Waals surface area contributed by atoms with Gasteiger partial charge in [0.05, 0.1) is 5.52 Å². The SMILES string of the molecule is CCCCCCn1c(=O)c(C(=O)Nc2ccc(C(N)=O)cc2)c(O)c2ccccc21. The lowest BCUT2D eigenvalue weighted by Gasteiger charge is -2.15. The molecule has 3 rings (SSSR count). The molecule has 2 aromatic carbocycles. The van der Waals surface area contributed by atoms with Gasteiger partial charge in [0.15, 0.2) is 0 Å². The standard InChI is InChI=1S/C23H25N3O4/c1-2-3-4-7-14-26-18-9-6-5-8-17(18)20(27)19(23(26)30)22(29)25-16-12-10-15(11-13-16)21(24)28/h5-6,8-13,27H,2-4,7,14H2,1H3,(H2,24,28)(H,25,29). The summed E-state index contributed by atoms with van der Waals surface area (Å²) in [6.07, 6.45) is 3.93. The summed E-state index contributed by atoms with van der Waals surface area (Å²) in [5, 5.41) is 13.8. The third-order valence-electron chi connectivity index (χ3n) is 5.04. The maximum atomic E-state index is 13.1. The summed E-state index contributed by atoms with van der Waals surface area (Å²) in [5.41, 5.74) is 5.66. The van der Waals surface area contributed by atoms with Crippen molar-refractivity contribution in [1.29, 1.82) is 0 Å². The fraction of sp³-hybridized carbons (Fsp3) is 0.261. The summed E-state index contributed by atoms with van der Waals surface area (Å²) in [5.74, 6) is -1.63. The first-order chi connectivity index (χ1) is 14.4. The second-order valence-corrected chi connectivity index (χ2v) is 7.15. The third kappa shape index (κ3) is 4.35. The van der Waals surface area contributed by atoms with Crippen LogP contribution in [0, 0.1) is 0 Å². The van der Waals surface area contributed by atoms with Gasteiger partial charge in [-0.15, -0.1) is 0 Å². The molecule has 1 heterocycles. The van der Waals surface area contributed by atoms with E-state index in [0.717, 1.165) is 25.7 Å². The van der Waals surface area contributed by atoms with E-state index < -0.39 is 17.4 Å². The van der Waals surface area contributed by atoms with Crippen LogP contribution in [-0.4, -0.2) is 21.5 Å². The van der Waals surface area contributed by atoms with Crippen molar-refractivity contribution in [3.05, 3.63) is 70.0 Å². The van der Waals surface area contributed by atoms with Gasteiger partial charge >= 0.3 is 0 Å². The van der Waals surface area contributed by atoms with Gasteiger partial charge in [0, 0.05) is 23.2 Å². The van der Waals surface area contributed by atoms with Gasteiger partial charge in [0.25, 0.3) is 11.5 Å². The van der Waals surface area contributed by atoms with Crippen LogP contribution in [0.4, 0.5) is 5.69 Å². The molecule has 7 nitrogen and oxygen atoms in total. The maximum absolute atomic E-state index is 13.1. The predicted molar refractivity (Wildman–Crippen MR) is 117 cm³/mol. The van der Waals surface area contributed by atoms with E-state index >= 15 is 0 Å². The van der Waals surface area contributed by atoms with Crippen LogP contribution in [-0.2, 0) is 6.54 Å². The first-order valence-corrected chi connectivity index (χ1v) is 9.99. The second kappa shape index (κ2) is 9.26. The Morgan fingerprint density at radius 2 is 1.73 bits per heavy atom. The number of rotatable bonds is 8. The fourth-order valence-corrected chi connectivity index (χ4v) is 3.42. The number of aryl methyl sites for hydroxylation is 1. The number of anilines is 1. The highest BCUT2D eigenvalue weighted by Crippen LogP contribution is 2.27. The van der Waals surface area contributed by atoms with Crippen molar-refractivity contribution < 1.29 is 14.7 Å². The molecular weight excluding hydrogens is 382 g/mol. The molecule has 0 spiro atoms. The first kappa shape index (κ1) is 21.1. The molecule has 0 fully saturated rings. The van der Waals surface area contributed by atoms with Crippen molar-refractivity contribution in [3.8, 4) is 5.75 Å². The Morgan fingerprint density at radius 3 is 2.40 bits per heavy atom. The molecule has 4 N–H and O–H groups in total. The van der Waals surface area contributed by atoms with Crippen LogP contribution >= 0.6 is 0 Å². The smallest absolute Gasteiger partial charge is 0.267 e. The number of nitrogens with one attached hydrogen (secondary N) is 1. The minimum absolute atomic E-state index is 0.302. The number of fused-ring (bicyclic) bond motifs is 1. The van der Waals surface area contributed by atoms with Gasteiger partial charge in [0.2, 0.25) is 5.91 Å². The zero-order valence-electron chi connectivity index (χ0n) is 16.9. The quantitative estimate of drug-likeness (QED) is 0.495. The molecule has 0 aliphatic heterocycles. The molecule has 0 radical (unpaired) electrons. The van der Waals surface area contributed by atoms with E-state index in [0.29, 0.717) is 28.7 Å². The monoisotopic (exact) mass is 407 g/mol. The van der Waals surface area contributed by atoms with Gasteiger partial charge < -0.3 is 20.7 Å². The van der Waals surface area contributed by atoms with E-state index in [1.54, 1.807) is 28.8 Å². The molecule has 7 heteroatoms. The Kier molecular flexibility index (Phi) is 6.51. The second-order valence-electron chi connectivity index (χ2n) is 7.15. The Bertz CT molecular complexity index is 1130. The number of aromatic nitrogens is 1. The number of carbonyl (C=O) groups excluding carboxylic acids is 2. The number of hydrogen-bond acceptors (Lipinski definition) is 4. The van der Waals surface area contributed by atoms with Gasteiger partial charge in [0.1, 0.15) is 11.3 Å². The molecule has 0 aliphatic carbocycles. The number of carbonyl (C=O) groups is 2. The molecule has 156 valence electrons. The molecule has 0 aliphatic rings. The lowest BCUT2D eigenvalue weighted by molar-refractivity contribution is 0.0997. The number of hydrogen-bond donors (Lipinski definition) is 3. The molecule has 2 amide bonds. The van der Waals surface area contributed by atoms with Gasteiger partial charge in [-0.2, -0.15) is 0 Å². The van der Waals surface area contributed by atoms with Crippen molar-refractivity contribution >= 4 is 28.4 Å². The zero-order valence-corrected chi connectivity index (χ0v) is 16.9. The minimum Gasteiger partial charge on any atom is -0.506 e. The van der Waals surface area contributed by atoms with Crippen LogP contribution in [0.1, 0.15) is 53.3 Å². The topological polar surface area (TPSA) is 114 Å². The summed E-state index contributed by atoms with van der Waals surface area (Å²) in [6, 6.07) is 13.0. The van der Waals surface area contributed by atoms with Crippen molar-refractivity contribution in [1.82, 2.24) is 4.57 Å². The lowest BCUT2D eigenvalue weighted by atomic mass is 10.1. The summed E-state index contributed by atoms with van der Waals surface area (Å²) in [6.45, 7) is 2.58. The molecule has 0 saturated carbocycles. The molecule has 3 aromatic rings. The van der Waals surface area contributed by atoms with Crippen LogP contribution in [0.15, 0.2) is 53.3 Å². The van der Waals surface area contributed by atoms with Gasteiger partial charge in [-0.3, -0.25) is 14.4 Å². The zero-order chi connectivity index (χ0) is 21.7. The van der Waals surface area contributed by atoms with E-state index in [1.165, 1.54) is 24.3 Å². The number of nitrogens with two attached hydrogens (primary N) is 1. The molecule has 0 unspecified atom stereocenters. The molecule has 0 saturated heterocycles. The summed E-state index contributed by atoms with van der Waals surface area (Å²) < 4.78 is 1.55. The summed E-state index contributed by atoms with van der Waals surface area (Å²) in [4.78, 5) is 37.2. The number of para-hydroxylation sites is 1. The lowest BCUT2D eigenvalue weighted by Crippen LogP contribution is -2.30. The number of nitrogens with zero attached hydrogens (tertiary/aromatic N) is 1. The highest BCUT2D eigenvalue weighted by Gasteiger charge is 2.22. The van der Waals surface area contributed by atoms with Crippen LogP contribution in [0.5, 0.6) is 5.75 Å². The number of unbranched alkanes of at least 4 members (excludes halogenated alkanes) is 3. The highest BCUT2D eigenvalue weighted by molar-refractivity contribution is 6.09. The Hall–Kier alpha value is -3.61. The fourth-order valence-electron chi connectivity index (χ4n) is 3.42. The molecule has 0 atom stereocenters. The predicted octanol–water partition coefficient (Wildman–Crippen LogP) is 3.64. The molecular formula is C23H25N3O4. The summed E-state index contributed by atoms with van der Waals surface area (Å²) in [7, 11) is 0. The van der Waals surface area contributed by atoms with Crippen LogP contribution in [0.3, 0.4) is 0 Å². The highest BCUT2D eigenvalue weighted by atomic mass is 16.3. The average molecular weight is 407 g/mol. The van der Waals surface area contributed by atoms with Gasteiger partial charge in [-0.25, -0.2) is 0 Å². The normalized spacial score (nSPS) is 10.8. The van der Waals surface area contributed by atoms with Crippen LogP contribution in [0.2, 0.25) is 0 Å². The van der Waals surface area contributed by atoms with Gasteiger partial charge in [-0.1, -0.05) is 38.3 Å². The Morgan fingerprint density at radius 1 is 1.03 bits per heavy atom. The molecule has 30 heavy (non-hydrogen) atoms. The number of benzene rings is 2. The van der Waals surface area contributed by atoms with Crippen molar-refractivity contribution in [2.45, 2.75) is 39.2 Å². The maximum Gasteiger partial charge on any atom is 0.267 e. The molecule has 1 aromatic heterocycles. The van der Waals surface area contributed by atoms with Gasteiger partial charge in [-0.05, 0) is 42.8 Å². The third-order valence-corrected chi connectivity index (χ3v) is 5.04. The average Bonchev–Trinajstić information content (AvgIpc) is 2.73. The van der Waals surface area contributed by atoms with Crippen LogP contribution < -0.4 is 16.6 Å². The van der Waals surface area contributed by atoms with Crippen molar-refractivity contribution in [2.75, 3.05) is 5.32 Å². The number of pyridine rings is 1. The van der Waals surface area contributed by atoms with Crippen molar-refractivity contribution in [3.63, 3.8) is 0 Å². The first-order valence-electron chi connectivity index (χ1n) is 9.99. The van der Waals surface area contributed by atoms with Crippen LogP contribution in [0.25, 0.3) is 10.9 Å². The van der Waals surface area contributed by atoms with E-state index in [2.05, 4.69) is 12.2 Å². The van der Waals surface area contributed by atoms with E-state index in [1.807, 2.05) is 0 Å². The molecule has 0 bridgehead atoms. The van der Waals surface area contributed by atoms with Crippen molar-refractivity contribution in [2.24, 2.45) is 5.73 Å². The Labute approximate surface area is 174 Å². The van der Waals surface area contributed by atoms with E-state index in [-0.39, 0.29) is 11.3 Å². The number of aromatic hydroxyl groups is 1. The van der Waals surface area contributed by atoms with E-state index in [9.17, 15) is 19.5 Å². The number of amides is 2. The largest absolute Gasteiger partial charge is 0.506 e. The minimum atomic E-state index is -0.711. The summed E-state index contributed by atoms with van der Waals surface area (Å²) >= 11 is 0. The van der Waals surface area contributed by atoms with E-state index in [4.69, 9.17) is 5.73 Å². The Balaban J connectivity index is 1.98.